The van der Waals surface area contributed by atoms with Gasteiger partial charge < -0.3 is 15.5 Å². The van der Waals surface area contributed by atoms with Crippen LogP contribution in [-0.2, 0) is 11.0 Å². The van der Waals surface area contributed by atoms with Crippen LogP contribution in [0.4, 0.5) is 24.5 Å². The molecule has 0 radical (unpaired) electrons. The predicted molar refractivity (Wildman–Crippen MR) is 74.9 cm³/mol. The van der Waals surface area contributed by atoms with Crippen LogP contribution >= 0.6 is 0 Å². The minimum Gasteiger partial charge on any atom is -0.397 e. The highest BCUT2D eigenvalue weighted by atomic mass is 19.4. The first-order valence-corrected chi connectivity index (χ1v) is 6.74. The van der Waals surface area contributed by atoms with Gasteiger partial charge in [-0.15, -0.1) is 0 Å². The molecule has 1 aromatic carbocycles. The second-order valence-electron chi connectivity index (χ2n) is 5.22. The summed E-state index contributed by atoms with van der Waals surface area (Å²) in [6, 6.07) is 3.17. The van der Waals surface area contributed by atoms with Crippen molar-refractivity contribution in [2.75, 3.05) is 37.3 Å². The third kappa shape index (κ3) is 3.59. The zero-order chi connectivity index (χ0) is 15.6. The highest BCUT2D eigenvalue weighted by molar-refractivity contribution is 5.83. The number of amides is 1. The molecule has 1 fully saturated rings. The van der Waals surface area contributed by atoms with E-state index in [1.807, 2.05) is 0 Å². The molecule has 2 N–H and O–H groups in total. The Morgan fingerprint density at radius 2 is 1.95 bits per heavy atom. The van der Waals surface area contributed by atoms with E-state index in [2.05, 4.69) is 0 Å². The Kier molecular flexibility index (Phi) is 4.29. The van der Waals surface area contributed by atoms with Crippen LogP contribution in [0.15, 0.2) is 18.2 Å². The van der Waals surface area contributed by atoms with Gasteiger partial charge in [0.05, 0.1) is 23.5 Å². The van der Waals surface area contributed by atoms with Gasteiger partial charge in [-0.05, 0) is 31.0 Å². The van der Waals surface area contributed by atoms with E-state index in [0.717, 1.165) is 38.1 Å². The van der Waals surface area contributed by atoms with Gasteiger partial charge in [0, 0.05) is 20.1 Å². The highest BCUT2D eigenvalue weighted by Crippen LogP contribution is 2.33. The topological polar surface area (TPSA) is 49.6 Å². The number of halogens is 3. The van der Waals surface area contributed by atoms with Crippen molar-refractivity contribution in [3.8, 4) is 0 Å². The first-order valence-electron chi connectivity index (χ1n) is 6.74. The Morgan fingerprint density at radius 1 is 1.33 bits per heavy atom. The van der Waals surface area contributed by atoms with Crippen LogP contribution < -0.4 is 10.6 Å². The molecule has 0 spiro atoms. The molecule has 0 aliphatic carbocycles. The van der Waals surface area contributed by atoms with Crippen molar-refractivity contribution in [3.63, 3.8) is 0 Å². The van der Waals surface area contributed by atoms with E-state index >= 15 is 0 Å². The molecule has 1 heterocycles. The Balaban J connectivity index is 2.08. The van der Waals surface area contributed by atoms with E-state index in [4.69, 9.17) is 5.73 Å². The number of carbonyl (C=O) groups is 1. The van der Waals surface area contributed by atoms with Gasteiger partial charge in [-0.1, -0.05) is 0 Å². The number of rotatable bonds is 3. The molecule has 1 aromatic rings. The zero-order valence-electron chi connectivity index (χ0n) is 11.8. The summed E-state index contributed by atoms with van der Waals surface area (Å²) < 4.78 is 37.8. The predicted octanol–water partition coefficient (Wildman–Crippen LogP) is 2.35. The van der Waals surface area contributed by atoms with Gasteiger partial charge in [-0.3, -0.25) is 4.79 Å². The minimum atomic E-state index is -4.42. The van der Waals surface area contributed by atoms with Crippen LogP contribution in [0.5, 0.6) is 0 Å². The lowest BCUT2D eigenvalue weighted by molar-refractivity contribution is -0.137. The lowest BCUT2D eigenvalue weighted by Crippen LogP contribution is -2.37. The summed E-state index contributed by atoms with van der Waals surface area (Å²) >= 11 is 0. The summed E-state index contributed by atoms with van der Waals surface area (Å²) in [6.07, 6.45) is -2.42. The van der Waals surface area contributed by atoms with E-state index < -0.39 is 11.7 Å². The van der Waals surface area contributed by atoms with E-state index in [0.29, 0.717) is 5.69 Å². The van der Waals surface area contributed by atoms with Crippen molar-refractivity contribution >= 4 is 17.3 Å². The molecule has 0 saturated carbocycles. The first-order chi connectivity index (χ1) is 9.79. The number of carbonyl (C=O) groups excluding carboxylic acids is 1. The zero-order valence-corrected chi connectivity index (χ0v) is 11.8. The Labute approximate surface area is 121 Å². The molecule has 0 aromatic heterocycles. The lowest BCUT2D eigenvalue weighted by Gasteiger charge is -2.24. The molecule has 116 valence electrons. The molecule has 0 atom stereocenters. The average molecular weight is 301 g/mol. The number of nitrogens with two attached hydrogens (primary N) is 1. The van der Waals surface area contributed by atoms with Crippen molar-refractivity contribution in [2.45, 2.75) is 19.0 Å². The number of nitrogens with zero attached hydrogens (tertiary/aromatic N) is 2. The van der Waals surface area contributed by atoms with Gasteiger partial charge >= 0.3 is 6.18 Å². The molecule has 0 unspecified atom stereocenters. The third-order valence-electron chi connectivity index (χ3n) is 3.60. The smallest absolute Gasteiger partial charge is 0.397 e. The molecule has 7 heteroatoms. The minimum absolute atomic E-state index is 0.0153. The monoisotopic (exact) mass is 301 g/mol. The number of hydrogen-bond donors (Lipinski definition) is 1. The number of anilines is 2. The van der Waals surface area contributed by atoms with Crippen molar-refractivity contribution in [3.05, 3.63) is 23.8 Å². The van der Waals surface area contributed by atoms with Crippen molar-refractivity contribution in [1.29, 1.82) is 0 Å². The quantitative estimate of drug-likeness (QED) is 0.872. The maximum Gasteiger partial charge on any atom is 0.416 e. The average Bonchev–Trinajstić information content (AvgIpc) is 2.91. The van der Waals surface area contributed by atoms with Crippen LogP contribution in [0.1, 0.15) is 18.4 Å². The number of likely N-dealkylation sites (tertiary alicyclic amines) is 1. The molecule has 0 bridgehead atoms. The molecule has 1 saturated heterocycles. The molecular formula is C14H18F3N3O. The summed E-state index contributed by atoms with van der Waals surface area (Å²) in [6.45, 7) is 1.60. The van der Waals surface area contributed by atoms with Gasteiger partial charge in [0.2, 0.25) is 5.91 Å². The molecule has 1 aliphatic rings. The summed E-state index contributed by atoms with van der Waals surface area (Å²) in [5.41, 5.74) is 5.33. The molecule has 4 nitrogen and oxygen atoms in total. The fourth-order valence-electron chi connectivity index (χ4n) is 2.43. The maximum absolute atomic E-state index is 12.6. The Hall–Kier alpha value is -1.92. The van der Waals surface area contributed by atoms with Crippen LogP contribution in [0.3, 0.4) is 0 Å². The first kappa shape index (κ1) is 15.5. The van der Waals surface area contributed by atoms with Crippen molar-refractivity contribution < 1.29 is 18.0 Å². The number of alkyl halides is 3. The van der Waals surface area contributed by atoms with Crippen LogP contribution in [0.2, 0.25) is 0 Å². The summed E-state index contributed by atoms with van der Waals surface area (Å²) in [4.78, 5) is 15.4. The van der Waals surface area contributed by atoms with Crippen LogP contribution in [0, 0.1) is 0 Å². The maximum atomic E-state index is 12.6. The fraction of sp³-hybridized carbons (Fsp3) is 0.500. The van der Waals surface area contributed by atoms with Crippen molar-refractivity contribution in [2.24, 2.45) is 0 Å². The highest BCUT2D eigenvalue weighted by Gasteiger charge is 2.31. The van der Waals surface area contributed by atoms with E-state index in [1.54, 1.807) is 16.8 Å². The van der Waals surface area contributed by atoms with Crippen LogP contribution in [0.25, 0.3) is 0 Å². The Bertz CT molecular complexity index is 525. The number of benzene rings is 1. The second-order valence-corrected chi connectivity index (χ2v) is 5.22. The number of hydrogen-bond acceptors (Lipinski definition) is 3. The summed E-state index contributed by atoms with van der Waals surface area (Å²) in [5.74, 6) is -0.0331. The second kappa shape index (κ2) is 5.83. The fourth-order valence-corrected chi connectivity index (χ4v) is 2.43. The van der Waals surface area contributed by atoms with Gasteiger partial charge in [0.15, 0.2) is 0 Å². The van der Waals surface area contributed by atoms with E-state index in [9.17, 15) is 18.0 Å². The largest absolute Gasteiger partial charge is 0.416 e. The number of likely N-dealkylation sites (N-methyl/N-ethyl adjacent to an activating group) is 1. The molecule has 2 rings (SSSR count). The van der Waals surface area contributed by atoms with Gasteiger partial charge in [0.25, 0.3) is 0 Å². The Morgan fingerprint density at radius 3 is 2.48 bits per heavy atom. The summed E-state index contributed by atoms with van der Waals surface area (Å²) in [7, 11) is 1.65. The van der Waals surface area contributed by atoms with Gasteiger partial charge in [0.1, 0.15) is 0 Å². The van der Waals surface area contributed by atoms with E-state index in [-0.39, 0.29) is 18.1 Å². The normalized spacial score (nSPS) is 15.3. The SMILES string of the molecule is CN(CC(=O)N1CCCC1)c1ccc(C(F)(F)F)cc1N. The molecule has 1 aliphatic heterocycles. The van der Waals surface area contributed by atoms with Crippen molar-refractivity contribution in [1.82, 2.24) is 4.90 Å². The number of nitrogen functional groups attached to an aromatic ring is 1. The molecule has 21 heavy (non-hydrogen) atoms. The molecular weight excluding hydrogens is 283 g/mol. The summed E-state index contributed by atoms with van der Waals surface area (Å²) in [5, 5.41) is 0. The third-order valence-corrected chi connectivity index (χ3v) is 3.60. The van der Waals surface area contributed by atoms with Crippen LogP contribution in [-0.4, -0.2) is 37.5 Å². The lowest BCUT2D eigenvalue weighted by atomic mass is 10.1. The van der Waals surface area contributed by atoms with Gasteiger partial charge in [-0.2, -0.15) is 13.2 Å². The van der Waals surface area contributed by atoms with E-state index in [1.165, 1.54) is 6.07 Å². The molecule has 1 amide bonds. The standard InChI is InChI=1S/C14H18F3N3O/c1-19(9-13(21)20-6-2-3-7-20)12-5-4-10(8-11(12)18)14(15,16)17/h4-5,8H,2-3,6-7,9,18H2,1H3. The van der Waals surface area contributed by atoms with Gasteiger partial charge in [-0.25, -0.2) is 0 Å².